The second kappa shape index (κ2) is 7.39. The van der Waals surface area contributed by atoms with E-state index in [9.17, 15) is 20.0 Å². The van der Waals surface area contributed by atoms with Crippen LogP contribution < -0.4 is 4.90 Å². The summed E-state index contributed by atoms with van der Waals surface area (Å²) in [6.07, 6.45) is 4.76. The van der Waals surface area contributed by atoms with Crippen LogP contribution in [-0.4, -0.2) is 53.6 Å². The van der Waals surface area contributed by atoms with Crippen LogP contribution >= 0.6 is 0 Å². The van der Waals surface area contributed by atoms with E-state index in [1.165, 1.54) is 23.5 Å². The van der Waals surface area contributed by atoms with Crippen LogP contribution in [0.2, 0.25) is 0 Å². The zero-order valence-corrected chi connectivity index (χ0v) is 14.6. The lowest BCUT2D eigenvalue weighted by atomic mass is 10.1. The molecule has 2 fully saturated rings. The number of hydrogen-bond acceptors (Lipinski definition) is 5. The molecule has 25 heavy (non-hydrogen) atoms. The zero-order chi connectivity index (χ0) is 18.0. The van der Waals surface area contributed by atoms with Crippen molar-refractivity contribution in [2.75, 3.05) is 31.6 Å². The fourth-order valence-corrected chi connectivity index (χ4v) is 3.42. The predicted octanol–water partition coefficient (Wildman–Crippen LogP) is 2.43. The van der Waals surface area contributed by atoms with Gasteiger partial charge in [0.2, 0.25) is 0 Å². The zero-order valence-electron chi connectivity index (χ0n) is 14.6. The summed E-state index contributed by atoms with van der Waals surface area (Å²) in [5, 5.41) is 21.2. The normalized spacial score (nSPS) is 18.7. The van der Waals surface area contributed by atoms with Gasteiger partial charge in [0.15, 0.2) is 0 Å². The molecule has 1 aliphatic carbocycles. The molecule has 7 heteroatoms. The fourth-order valence-electron chi connectivity index (χ4n) is 3.42. The number of nitro benzene ring substituents is 1. The lowest BCUT2D eigenvalue weighted by Gasteiger charge is -2.31. The van der Waals surface area contributed by atoms with Crippen molar-refractivity contribution in [2.24, 2.45) is 5.92 Å². The maximum Gasteiger partial charge on any atom is 0.270 e. The summed E-state index contributed by atoms with van der Waals surface area (Å²) in [5.74, 6) is 0.00546. The number of non-ortho nitro benzene ring substituents is 1. The Morgan fingerprint density at radius 3 is 2.64 bits per heavy atom. The highest BCUT2D eigenvalue weighted by atomic mass is 16.6. The molecule has 1 unspecified atom stereocenters. The first-order valence-electron chi connectivity index (χ1n) is 8.94. The van der Waals surface area contributed by atoms with Crippen LogP contribution in [0.1, 0.15) is 42.5 Å². The number of rotatable bonds is 6. The van der Waals surface area contributed by atoms with Crippen LogP contribution in [0.3, 0.4) is 0 Å². The molecule has 0 spiro atoms. The average Bonchev–Trinajstić information content (AvgIpc) is 3.46. The van der Waals surface area contributed by atoms with Crippen molar-refractivity contribution in [2.45, 2.75) is 38.2 Å². The number of nitro groups is 1. The molecule has 1 aliphatic heterocycles. The van der Waals surface area contributed by atoms with Crippen molar-refractivity contribution in [1.29, 1.82) is 0 Å². The van der Waals surface area contributed by atoms with Crippen molar-refractivity contribution in [1.82, 2.24) is 4.90 Å². The Balaban J connectivity index is 1.85. The molecule has 7 nitrogen and oxygen atoms in total. The van der Waals surface area contributed by atoms with E-state index in [0.29, 0.717) is 5.56 Å². The number of anilines is 1. The lowest BCUT2D eigenvalue weighted by molar-refractivity contribution is -0.384. The van der Waals surface area contributed by atoms with Gasteiger partial charge in [-0.25, -0.2) is 0 Å². The predicted molar refractivity (Wildman–Crippen MR) is 94.9 cm³/mol. The van der Waals surface area contributed by atoms with Crippen molar-refractivity contribution in [3.05, 3.63) is 33.9 Å². The molecular formula is C18H25N3O4. The topological polar surface area (TPSA) is 86.9 Å². The largest absolute Gasteiger partial charge is 0.391 e. The Labute approximate surface area is 147 Å². The minimum Gasteiger partial charge on any atom is -0.391 e. The number of piperidine rings is 1. The summed E-state index contributed by atoms with van der Waals surface area (Å²) < 4.78 is 0. The smallest absolute Gasteiger partial charge is 0.270 e. The van der Waals surface area contributed by atoms with Crippen LogP contribution in [0, 0.1) is 16.0 Å². The van der Waals surface area contributed by atoms with Gasteiger partial charge in [0.05, 0.1) is 22.3 Å². The monoisotopic (exact) mass is 347 g/mol. The van der Waals surface area contributed by atoms with Gasteiger partial charge in [-0.15, -0.1) is 0 Å². The number of benzene rings is 1. The van der Waals surface area contributed by atoms with Crippen LogP contribution in [0.25, 0.3) is 0 Å². The third-order valence-electron chi connectivity index (χ3n) is 5.09. The van der Waals surface area contributed by atoms with Gasteiger partial charge in [0.25, 0.3) is 11.6 Å². The van der Waals surface area contributed by atoms with Gasteiger partial charge in [0.1, 0.15) is 0 Å². The van der Waals surface area contributed by atoms with E-state index < -0.39 is 11.0 Å². The summed E-state index contributed by atoms with van der Waals surface area (Å²) in [6.45, 7) is 1.96. The number of likely N-dealkylation sites (N-methyl/N-ethyl adjacent to an activating group) is 1. The number of carbonyl (C=O) groups excluding carboxylic acids is 1. The molecule has 1 N–H and O–H groups in total. The molecule has 3 rings (SSSR count). The number of hydrogen-bond donors (Lipinski definition) is 1. The maximum absolute atomic E-state index is 12.9. The molecule has 0 radical (unpaired) electrons. The number of amides is 1. The van der Waals surface area contributed by atoms with Gasteiger partial charge < -0.3 is 14.9 Å². The first-order chi connectivity index (χ1) is 12.0. The third-order valence-corrected chi connectivity index (χ3v) is 5.09. The van der Waals surface area contributed by atoms with E-state index in [4.69, 9.17) is 0 Å². The first-order valence-corrected chi connectivity index (χ1v) is 8.94. The molecule has 1 aromatic rings. The quantitative estimate of drug-likeness (QED) is 0.631. The molecule has 136 valence electrons. The summed E-state index contributed by atoms with van der Waals surface area (Å²) >= 11 is 0. The molecule has 0 aromatic heterocycles. The van der Waals surface area contributed by atoms with Crippen LogP contribution in [0.4, 0.5) is 11.4 Å². The van der Waals surface area contributed by atoms with Crippen molar-refractivity contribution in [3.8, 4) is 0 Å². The number of aliphatic hydroxyl groups is 1. The fraction of sp³-hybridized carbons (Fsp3) is 0.611. The van der Waals surface area contributed by atoms with Gasteiger partial charge in [-0.3, -0.25) is 14.9 Å². The number of carbonyl (C=O) groups is 1. The minimum atomic E-state index is -0.522. The van der Waals surface area contributed by atoms with Gasteiger partial charge >= 0.3 is 0 Å². The Morgan fingerprint density at radius 2 is 2.04 bits per heavy atom. The standard InChI is InChI=1S/C18H25N3O4/c1-19(12-17(22)13-5-6-13)18(23)15-11-14(21(24)25)7-8-16(15)20-9-3-2-4-10-20/h7-8,11,13,17,22H,2-6,9-10,12H2,1H3. The van der Waals surface area contributed by atoms with Crippen molar-refractivity contribution < 1.29 is 14.8 Å². The summed E-state index contributed by atoms with van der Waals surface area (Å²) in [4.78, 5) is 27.2. The molecule has 0 bridgehead atoms. The highest BCUT2D eigenvalue weighted by molar-refractivity contribution is 6.00. The second-order valence-electron chi connectivity index (χ2n) is 7.10. The van der Waals surface area contributed by atoms with E-state index >= 15 is 0 Å². The summed E-state index contributed by atoms with van der Waals surface area (Å²) in [6, 6.07) is 4.51. The molecular weight excluding hydrogens is 322 g/mol. The van der Waals surface area contributed by atoms with Crippen LogP contribution in [-0.2, 0) is 0 Å². The maximum atomic E-state index is 12.9. The Hall–Kier alpha value is -2.15. The highest BCUT2D eigenvalue weighted by Crippen LogP contribution is 2.33. The number of aliphatic hydroxyl groups excluding tert-OH is 1. The molecule has 2 aliphatic rings. The Kier molecular flexibility index (Phi) is 5.22. The molecule has 1 saturated carbocycles. The molecule has 1 amide bonds. The van der Waals surface area contributed by atoms with Gasteiger partial charge in [-0.1, -0.05) is 0 Å². The summed E-state index contributed by atoms with van der Waals surface area (Å²) in [5.41, 5.74) is 1.02. The minimum absolute atomic E-state index is 0.0831. The van der Waals surface area contributed by atoms with E-state index in [1.54, 1.807) is 13.1 Å². The molecule has 1 saturated heterocycles. The summed E-state index contributed by atoms with van der Waals surface area (Å²) in [7, 11) is 1.65. The van der Waals surface area contributed by atoms with Crippen molar-refractivity contribution in [3.63, 3.8) is 0 Å². The van der Waals surface area contributed by atoms with Crippen LogP contribution in [0.15, 0.2) is 18.2 Å². The Morgan fingerprint density at radius 1 is 1.36 bits per heavy atom. The highest BCUT2D eigenvalue weighted by Gasteiger charge is 2.32. The molecule has 1 atom stereocenters. The molecule has 1 heterocycles. The molecule has 1 aromatic carbocycles. The second-order valence-corrected chi connectivity index (χ2v) is 7.10. The average molecular weight is 347 g/mol. The van der Waals surface area contributed by atoms with Crippen molar-refractivity contribution >= 4 is 17.3 Å². The van der Waals surface area contributed by atoms with Gasteiger partial charge in [-0.05, 0) is 44.1 Å². The van der Waals surface area contributed by atoms with Crippen LogP contribution in [0.5, 0.6) is 0 Å². The SMILES string of the molecule is CN(CC(O)C1CC1)C(=O)c1cc([N+](=O)[O-])ccc1N1CCCCC1. The van der Waals surface area contributed by atoms with Gasteiger partial charge in [-0.2, -0.15) is 0 Å². The third kappa shape index (κ3) is 4.10. The van der Waals surface area contributed by atoms with Gasteiger partial charge in [0, 0.05) is 38.8 Å². The van der Waals surface area contributed by atoms with E-state index in [1.807, 2.05) is 0 Å². The van der Waals surface area contributed by atoms with E-state index in [-0.39, 0.29) is 24.1 Å². The lowest BCUT2D eigenvalue weighted by Crippen LogP contribution is -2.37. The first kappa shape index (κ1) is 17.7. The Bertz CT molecular complexity index is 654. The van der Waals surface area contributed by atoms with E-state index in [2.05, 4.69) is 4.90 Å². The van der Waals surface area contributed by atoms with E-state index in [0.717, 1.165) is 44.5 Å². The number of nitrogens with zero attached hydrogens (tertiary/aromatic N) is 3.